The van der Waals surface area contributed by atoms with Gasteiger partial charge < -0.3 is 19.2 Å². The minimum absolute atomic E-state index is 0.0930. The monoisotopic (exact) mass is 211 g/mol. The first-order valence-electron chi connectivity index (χ1n) is 4.33. The molecule has 1 atom stereocenters. The Morgan fingerprint density at radius 3 is 3.00 bits per heavy atom. The lowest BCUT2D eigenvalue weighted by atomic mass is 10.3. The maximum atomic E-state index is 11.1. The van der Waals surface area contributed by atoms with Crippen LogP contribution in [0.4, 0.5) is 4.79 Å². The Kier molecular flexibility index (Phi) is 2.32. The molecule has 1 aliphatic heterocycles. The highest BCUT2D eigenvalue weighted by molar-refractivity contribution is 5.86. The Morgan fingerprint density at radius 2 is 2.40 bits per heavy atom. The van der Waals surface area contributed by atoms with Crippen LogP contribution >= 0.6 is 0 Å². The number of esters is 1. The molecular weight excluding hydrogens is 202 g/mol. The number of methoxy groups -OCH3 is 1. The van der Waals surface area contributed by atoms with Gasteiger partial charge in [-0.3, -0.25) is 0 Å². The van der Waals surface area contributed by atoms with E-state index in [-0.39, 0.29) is 5.76 Å². The van der Waals surface area contributed by atoms with E-state index in [4.69, 9.17) is 9.15 Å². The van der Waals surface area contributed by atoms with Gasteiger partial charge in [0.1, 0.15) is 5.76 Å². The van der Waals surface area contributed by atoms with Crippen molar-refractivity contribution in [1.82, 2.24) is 5.32 Å². The van der Waals surface area contributed by atoms with E-state index in [1.54, 1.807) is 6.07 Å². The van der Waals surface area contributed by atoms with Crippen LogP contribution in [0.2, 0.25) is 0 Å². The number of furan rings is 1. The zero-order valence-corrected chi connectivity index (χ0v) is 7.98. The fourth-order valence-electron chi connectivity index (χ4n) is 1.28. The Labute approximate surface area is 85.1 Å². The van der Waals surface area contributed by atoms with Crippen molar-refractivity contribution >= 4 is 12.1 Å². The lowest BCUT2D eigenvalue weighted by Crippen LogP contribution is -2.12. The Balaban J connectivity index is 2.13. The van der Waals surface area contributed by atoms with Gasteiger partial charge in [-0.1, -0.05) is 0 Å². The van der Waals surface area contributed by atoms with E-state index in [0.29, 0.717) is 12.3 Å². The number of ether oxygens (including phenoxy) is 2. The summed E-state index contributed by atoms with van der Waals surface area (Å²) < 4.78 is 14.5. The van der Waals surface area contributed by atoms with Gasteiger partial charge in [-0.2, -0.15) is 0 Å². The van der Waals surface area contributed by atoms with Gasteiger partial charge in [0.25, 0.3) is 0 Å². The van der Waals surface area contributed by atoms with Crippen molar-refractivity contribution in [3.05, 3.63) is 23.7 Å². The van der Waals surface area contributed by atoms with Crippen LogP contribution in [0.1, 0.15) is 22.4 Å². The summed E-state index contributed by atoms with van der Waals surface area (Å²) in [4.78, 5) is 21.8. The molecule has 2 rings (SSSR count). The topological polar surface area (TPSA) is 77.8 Å². The number of hydrogen-bond acceptors (Lipinski definition) is 5. The molecule has 2 heterocycles. The molecule has 0 radical (unpaired) electrons. The number of carbonyl (C=O) groups excluding carboxylic acids is 2. The minimum Gasteiger partial charge on any atom is -0.463 e. The van der Waals surface area contributed by atoms with Gasteiger partial charge in [-0.25, -0.2) is 9.59 Å². The quantitative estimate of drug-likeness (QED) is 0.733. The van der Waals surface area contributed by atoms with Crippen LogP contribution < -0.4 is 5.32 Å². The molecule has 15 heavy (non-hydrogen) atoms. The predicted molar refractivity (Wildman–Crippen MR) is 47.3 cm³/mol. The lowest BCUT2D eigenvalue weighted by Gasteiger charge is -2.02. The van der Waals surface area contributed by atoms with Crippen molar-refractivity contribution < 1.29 is 23.5 Å². The molecule has 80 valence electrons. The SMILES string of the molecule is COC(=O)c1ccc(C2CNC(=O)O2)o1. The molecule has 1 amide bonds. The molecule has 1 aromatic heterocycles. The second kappa shape index (κ2) is 3.64. The van der Waals surface area contributed by atoms with E-state index in [1.165, 1.54) is 13.2 Å². The Bertz CT molecular complexity index is 397. The van der Waals surface area contributed by atoms with Crippen LogP contribution in [0, 0.1) is 0 Å². The smallest absolute Gasteiger partial charge is 0.408 e. The molecule has 0 saturated carbocycles. The van der Waals surface area contributed by atoms with Gasteiger partial charge >= 0.3 is 12.1 Å². The molecular formula is C9H9NO5. The number of amides is 1. The van der Waals surface area contributed by atoms with Crippen LogP contribution in [-0.4, -0.2) is 25.7 Å². The zero-order chi connectivity index (χ0) is 10.8. The minimum atomic E-state index is -0.557. The summed E-state index contributed by atoms with van der Waals surface area (Å²) >= 11 is 0. The maximum absolute atomic E-state index is 11.1. The molecule has 6 nitrogen and oxygen atoms in total. The van der Waals surface area contributed by atoms with Gasteiger partial charge in [-0.15, -0.1) is 0 Å². The van der Waals surface area contributed by atoms with Crippen molar-refractivity contribution in [3.63, 3.8) is 0 Å². The molecule has 0 aliphatic carbocycles. The number of alkyl carbamates (subject to hydrolysis) is 1. The van der Waals surface area contributed by atoms with Crippen LogP contribution in [0.25, 0.3) is 0 Å². The molecule has 1 aromatic rings. The van der Waals surface area contributed by atoms with Crippen LogP contribution in [0.3, 0.4) is 0 Å². The molecule has 1 aliphatic rings. The van der Waals surface area contributed by atoms with Crippen molar-refractivity contribution in [2.45, 2.75) is 6.10 Å². The van der Waals surface area contributed by atoms with Crippen LogP contribution in [0.15, 0.2) is 16.5 Å². The maximum Gasteiger partial charge on any atom is 0.408 e. The molecule has 1 N–H and O–H groups in total. The van der Waals surface area contributed by atoms with Crippen molar-refractivity contribution in [2.75, 3.05) is 13.7 Å². The summed E-state index contributed by atoms with van der Waals surface area (Å²) in [7, 11) is 1.27. The van der Waals surface area contributed by atoms with E-state index in [9.17, 15) is 9.59 Å². The molecule has 1 saturated heterocycles. The highest BCUT2D eigenvalue weighted by Gasteiger charge is 2.27. The summed E-state index contributed by atoms with van der Waals surface area (Å²) in [5.74, 6) is -0.0391. The Hall–Kier alpha value is -1.98. The Morgan fingerprint density at radius 1 is 1.60 bits per heavy atom. The molecule has 6 heteroatoms. The van der Waals surface area contributed by atoms with Gasteiger partial charge in [0, 0.05) is 0 Å². The van der Waals surface area contributed by atoms with Crippen molar-refractivity contribution in [3.8, 4) is 0 Å². The van der Waals surface area contributed by atoms with E-state index >= 15 is 0 Å². The first-order chi connectivity index (χ1) is 7.20. The number of carbonyl (C=O) groups is 2. The third kappa shape index (κ3) is 1.78. The summed E-state index contributed by atoms with van der Waals surface area (Å²) in [6, 6.07) is 3.06. The fraction of sp³-hybridized carbons (Fsp3) is 0.333. The van der Waals surface area contributed by atoms with E-state index in [2.05, 4.69) is 10.1 Å². The molecule has 1 unspecified atom stereocenters. The normalized spacial score (nSPS) is 19.5. The third-order valence-corrected chi connectivity index (χ3v) is 2.01. The first kappa shape index (κ1) is 9.57. The second-order valence-electron chi connectivity index (χ2n) is 2.97. The highest BCUT2D eigenvalue weighted by Crippen LogP contribution is 2.23. The van der Waals surface area contributed by atoms with Crippen molar-refractivity contribution in [2.24, 2.45) is 0 Å². The summed E-state index contributed by atoms with van der Waals surface area (Å²) in [6.07, 6.45) is -0.966. The number of rotatable bonds is 2. The first-order valence-corrected chi connectivity index (χ1v) is 4.33. The summed E-state index contributed by atoms with van der Waals surface area (Å²) in [6.45, 7) is 0.340. The molecule has 1 fully saturated rings. The van der Waals surface area contributed by atoms with Gasteiger partial charge in [0.05, 0.1) is 13.7 Å². The van der Waals surface area contributed by atoms with Crippen LogP contribution in [-0.2, 0) is 9.47 Å². The summed E-state index contributed by atoms with van der Waals surface area (Å²) in [5, 5.41) is 2.48. The average Bonchev–Trinajstić information content (AvgIpc) is 2.84. The number of hydrogen-bond donors (Lipinski definition) is 1. The average molecular weight is 211 g/mol. The number of cyclic esters (lactones) is 1. The van der Waals surface area contributed by atoms with Gasteiger partial charge in [0.15, 0.2) is 6.10 Å². The van der Waals surface area contributed by atoms with Gasteiger partial charge in [0.2, 0.25) is 5.76 Å². The molecule has 0 bridgehead atoms. The van der Waals surface area contributed by atoms with E-state index in [1.807, 2.05) is 0 Å². The standard InChI is InChI=1S/C9H9NO5/c1-13-8(11)6-3-2-5(14-6)7-4-10-9(12)15-7/h2-3,7H,4H2,1H3,(H,10,12). The second-order valence-corrected chi connectivity index (χ2v) is 2.97. The predicted octanol–water partition coefficient (Wildman–Crippen LogP) is 0.847. The molecule has 0 aromatic carbocycles. The van der Waals surface area contributed by atoms with Crippen LogP contribution in [0.5, 0.6) is 0 Å². The lowest BCUT2D eigenvalue weighted by molar-refractivity contribution is 0.0557. The molecule has 0 spiro atoms. The van der Waals surface area contributed by atoms with E-state index < -0.39 is 18.2 Å². The fourth-order valence-corrected chi connectivity index (χ4v) is 1.28. The zero-order valence-electron chi connectivity index (χ0n) is 7.98. The third-order valence-electron chi connectivity index (χ3n) is 2.01. The highest BCUT2D eigenvalue weighted by atomic mass is 16.6. The van der Waals surface area contributed by atoms with Crippen molar-refractivity contribution in [1.29, 1.82) is 0 Å². The summed E-state index contributed by atoms with van der Waals surface area (Å²) in [5.41, 5.74) is 0. The van der Waals surface area contributed by atoms with Gasteiger partial charge in [-0.05, 0) is 12.1 Å². The number of nitrogens with one attached hydrogen (secondary N) is 1. The van der Waals surface area contributed by atoms with E-state index in [0.717, 1.165) is 0 Å². The largest absolute Gasteiger partial charge is 0.463 e.